The van der Waals surface area contributed by atoms with E-state index in [-0.39, 0.29) is 17.5 Å². The van der Waals surface area contributed by atoms with Gasteiger partial charge < -0.3 is 10.6 Å². The average molecular weight is 341 g/mol. The molecule has 0 radical (unpaired) electrons. The highest BCUT2D eigenvalue weighted by Gasteiger charge is 2.33. The molecule has 0 spiro atoms. The van der Waals surface area contributed by atoms with Crippen LogP contribution in [-0.2, 0) is 16.6 Å². The molecule has 0 atom stereocenters. The van der Waals surface area contributed by atoms with Crippen molar-refractivity contribution in [3.8, 4) is 0 Å². The van der Waals surface area contributed by atoms with Gasteiger partial charge in [0.1, 0.15) is 5.82 Å². The van der Waals surface area contributed by atoms with Gasteiger partial charge in [-0.25, -0.2) is 4.39 Å². The highest BCUT2D eigenvalue weighted by Crippen LogP contribution is 2.39. The minimum absolute atomic E-state index is 0.104. The van der Waals surface area contributed by atoms with Crippen LogP contribution in [0.3, 0.4) is 0 Å². The fraction of sp³-hybridized carbons (Fsp3) is 0.316. The van der Waals surface area contributed by atoms with E-state index in [0.717, 1.165) is 11.1 Å². The Morgan fingerprint density at radius 2 is 2.16 bits per heavy atom. The van der Waals surface area contributed by atoms with E-state index in [1.165, 1.54) is 12.3 Å². The van der Waals surface area contributed by atoms with E-state index in [1.807, 2.05) is 20.8 Å². The Morgan fingerprint density at radius 1 is 1.40 bits per heavy atom. The molecule has 0 saturated heterocycles. The highest BCUT2D eigenvalue weighted by molar-refractivity contribution is 6.05. The molecule has 3 rings (SSSR count). The fourth-order valence-corrected chi connectivity index (χ4v) is 3.14. The van der Waals surface area contributed by atoms with Gasteiger partial charge in [-0.05, 0) is 35.7 Å². The van der Waals surface area contributed by atoms with Gasteiger partial charge in [0, 0.05) is 35.5 Å². The van der Waals surface area contributed by atoms with Crippen LogP contribution in [-0.4, -0.2) is 16.8 Å². The predicted molar refractivity (Wildman–Crippen MR) is 94.2 cm³/mol. The van der Waals surface area contributed by atoms with Crippen LogP contribution in [0.5, 0.6) is 0 Å². The summed E-state index contributed by atoms with van der Waals surface area (Å²) in [6.45, 7) is 5.77. The molecule has 6 heteroatoms. The Morgan fingerprint density at radius 3 is 2.88 bits per heavy atom. The molecule has 0 bridgehead atoms. The first-order chi connectivity index (χ1) is 11.8. The summed E-state index contributed by atoms with van der Waals surface area (Å²) in [5.41, 5.74) is 2.19. The summed E-state index contributed by atoms with van der Waals surface area (Å²) in [6.07, 6.45) is 4.14. The standard InChI is InChI=1S/C19H20FN3O2/c1-4-11-10-21-6-5-12(11)18(25)23-16-7-13-15(8-14(16)20)22-17(24)9-19(13,2)3/h5-8,10H,4,9H2,1-3H3,(H,22,24)(H,23,25). The number of amides is 2. The molecule has 2 amide bonds. The first-order valence-corrected chi connectivity index (χ1v) is 8.20. The number of benzene rings is 1. The molecule has 1 aliphatic rings. The molecule has 0 fully saturated rings. The second-order valence-electron chi connectivity index (χ2n) is 6.83. The maximum atomic E-state index is 14.4. The van der Waals surface area contributed by atoms with Crippen LogP contribution in [0.1, 0.15) is 48.7 Å². The quantitative estimate of drug-likeness (QED) is 0.895. The van der Waals surface area contributed by atoms with E-state index in [1.54, 1.807) is 18.3 Å². The number of nitrogens with one attached hydrogen (secondary N) is 2. The summed E-state index contributed by atoms with van der Waals surface area (Å²) in [6, 6.07) is 4.49. The van der Waals surface area contributed by atoms with Crippen LogP contribution in [0.25, 0.3) is 0 Å². The lowest BCUT2D eigenvalue weighted by Crippen LogP contribution is -2.32. The molecule has 1 aliphatic heterocycles. The third-order valence-corrected chi connectivity index (χ3v) is 4.49. The lowest BCUT2D eigenvalue weighted by Gasteiger charge is -2.32. The maximum absolute atomic E-state index is 14.4. The Bertz CT molecular complexity index is 862. The third-order valence-electron chi connectivity index (χ3n) is 4.49. The number of carbonyl (C=O) groups is 2. The second kappa shape index (κ2) is 6.27. The number of pyridine rings is 1. The normalized spacial score (nSPS) is 15.3. The van der Waals surface area contributed by atoms with Crippen LogP contribution in [0.4, 0.5) is 15.8 Å². The van der Waals surface area contributed by atoms with Crippen LogP contribution in [0, 0.1) is 5.82 Å². The zero-order valence-corrected chi connectivity index (χ0v) is 14.4. The fourth-order valence-electron chi connectivity index (χ4n) is 3.14. The summed E-state index contributed by atoms with van der Waals surface area (Å²) in [5.74, 6) is -1.11. The number of rotatable bonds is 3. The van der Waals surface area contributed by atoms with E-state index in [2.05, 4.69) is 15.6 Å². The number of nitrogens with zero attached hydrogens (tertiary/aromatic N) is 1. The zero-order chi connectivity index (χ0) is 18.2. The lowest BCUT2D eigenvalue weighted by atomic mass is 9.78. The van der Waals surface area contributed by atoms with Crippen LogP contribution < -0.4 is 10.6 Å². The average Bonchev–Trinajstić information content (AvgIpc) is 2.55. The predicted octanol–water partition coefficient (Wildman–Crippen LogP) is 3.66. The molecule has 2 aromatic rings. The van der Waals surface area contributed by atoms with Gasteiger partial charge in [0.25, 0.3) is 5.91 Å². The number of carbonyl (C=O) groups excluding carboxylic acids is 2. The third kappa shape index (κ3) is 3.24. The number of aryl methyl sites for hydroxylation is 1. The van der Waals surface area contributed by atoms with E-state index in [9.17, 15) is 14.0 Å². The monoisotopic (exact) mass is 341 g/mol. The Hall–Kier alpha value is -2.76. The largest absolute Gasteiger partial charge is 0.326 e. The minimum Gasteiger partial charge on any atom is -0.326 e. The summed E-state index contributed by atoms with van der Waals surface area (Å²) in [7, 11) is 0. The molecule has 0 unspecified atom stereocenters. The molecule has 130 valence electrons. The molecular weight excluding hydrogens is 321 g/mol. The van der Waals surface area contributed by atoms with Crippen molar-refractivity contribution in [2.75, 3.05) is 10.6 Å². The summed E-state index contributed by atoms with van der Waals surface area (Å²) in [5, 5.41) is 5.33. The molecule has 0 aliphatic carbocycles. The molecule has 1 aromatic heterocycles. The van der Waals surface area contributed by atoms with Crippen molar-refractivity contribution < 1.29 is 14.0 Å². The van der Waals surface area contributed by atoms with Crippen molar-refractivity contribution in [1.82, 2.24) is 4.98 Å². The van der Waals surface area contributed by atoms with Gasteiger partial charge in [0.15, 0.2) is 0 Å². The topological polar surface area (TPSA) is 71.1 Å². The molecule has 5 nitrogen and oxygen atoms in total. The number of hydrogen-bond acceptors (Lipinski definition) is 3. The van der Waals surface area contributed by atoms with E-state index >= 15 is 0 Å². The summed E-state index contributed by atoms with van der Waals surface area (Å²) in [4.78, 5) is 28.3. The van der Waals surface area contributed by atoms with Gasteiger partial charge in [0.2, 0.25) is 5.91 Å². The SMILES string of the molecule is CCc1cnccc1C(=O)Nc1cc2c(cc1F)NC(=O)CC2(C)C. The van der Waals surface area contributed by atoms with E-state index in [4.69, 9.17) is 0 Å². The molecule has 0 saturated carbocycles. The van der Waals surface area contributed by atoms with Crippen LogP contribution in [0.15, 0.2) is 30.6 Å². The van der Waals surface area contributed by atoms with Gasteiger partial charge in [-0.15, -0.1) is 0 Å². The van der Waals surface area contributed by atoms with Crippen LogP contribution >= 0.6 is 0 Å². The smallest absolute Gasteiger partial charge is 0.256 e. The van der Waals surface area contributed by atoms with Gasteiger partial charge in [-0.1, -0.05) is 20.8 Å². The highest BCUT2D eigenvalue weighted by atomic mass is 19.1. The minimum atomic E-state index is -0.586. The molecule has 1 aromatic carbocycles. The Labute approximate surface area is 145 Å². The molecular formula is C19H20FN3O2. The molecule has 2 N–H and O–H groups in total. The lowest BCUT2D eigenvalue weighted by molar-refractivity contribution is -0.117. The number of anilines is 2. The number of fused-ring (bicyclic) bond motifs is 1. The zero-order valence-electron chi connectivity index (χ0n) is 14.4. The van der Waals surface area contributed by atoms with E-state index in [0.29, 0.717) is 24.1 Å². The molecule has 2 heterocycles. The summed E-state index contributed by atoms with van der Waals surface area (Å²) < 4.78 is 14.4. The van der Waals surface area contributed by atoms with Gasteiger partial charge in [-0.3, -0.25) is 14.6 Å². The molecule has 25 heavy (non-hydrogen) atoms. The first kappa shape index (κ1) is 17.1. The second-order valence-corrected chi connectivity index (χ2v) is 6.83. The van der Waals surface area contributed by atoms with Crippen LogP contribution in [0.2, 0.25) is 0 Å². The van der Waals surface area contributed by atoms with Crippen molar-refractivity contribution >= 4 is 23.2 Å². The van der Waals surface area contributed by atoms with Gasteiger partial charge >= 0.3 is 0 Å². The van der Waals surface area contributed by atoms with E-state index < -0.39 is 11.2 Å². The first-order valence-electron chi connectivity index (χ1n) is 8.20. The number of halogens is 1. The van der Waals surface area contributed by atoms with Crippen molar-refractivity contribution in [3.63, 3.8) is 0 Å². The van der Waals surface area contributed by atoms with Crippen molar-refractivity contribution in [2.45, 2.75) is 39.0 Å². The van der Waals surface area contributed by atoms with Gasteiger partial charge in [-0.2, -0.15) is 0 Å². The van der Waals surface area contributed by atoms with Crippen molar-refractivity contribution in [3.05, 3.63) is 53.1 Å². The van der Waals surface area contributed by atoms with Gasteiger partial charge in [0.05, 0.1) is 5.69 Å². The Kier molecular flexibility index (Phi) is 4.29. The van der Waals surface area contributed by atoms with Crippen molar-refractivity contribution in [1.29, 1.82) is 0 Å². The summed E-state index contributed by atoms with van der Waals surface area (Å²) >= 11 is 0. The number of hydrogen-bond donors (Lipinski definition) is 2. The maximum Gasteiger partial charge on any atom is 0.256 e. The van der Waals surface area contributed by atoms with Crippen molar-refractivity contribution in [2.24, 2.45) is 0 Å². The Balaban J connectivity index is 1.96. The number of aromatic nitrogens is 1.